The van der Waals surface area contributed by atoms with Gasteiger partial charge in [-0.05, 0) is 29.3 Å². The van der Waals surface area contributed by atoms with Crippen LogP contribution in [0.1, 0.15) is 17.2 Å². The van der Waals surface area contributed by atoms with Crippen LogP contribution in [0.15, 0.2) is 42.7 Å². The maximum atomic E-state index is 12.3. The first-order chi connectivity index (χ1) is 9.90. The van der Waals surface area contributed by atoms with Crippen LogP contribution in [0.2, 0.25) is 5.02 Å². The lowest BCUT2D eigenvalue weighted by molar-refractivity contribution is -0.274. The lowest BCUT2D eigenvalue weighted by atomic mass is 10.00. The summed E-state index contributed by atoms with van der Waals surface area (Å²) in [5.74, 6) is 5.16. The molecule has 0 spiro atoms. The third kappa shape index (κ3) is 4.07. The molecular formula is C13H11ClF3N3O. The fourth-order valence-corrected chi connectivity index (χ4v) is 2.11. The Labute approximate surface area is 123 Å². The summed E-state index contributed by atoms with van der Waals surface area (Å²) in [4.78, 5) is 3.85. The van der Waals surface area contributed by atoms with Gasteiger partial charge in [-0.1, -0.05) is 23.7 Å². The zero-order valence-electron chi connectivity index (χ0n) is 10.6. The van der Waals surface area contributed by atoms with Gasteiger partial charge in [0.2, 0.25) is 0 Å². The minimum Gasteiger partial charge on any atom is -0.406 e. The average Bonchev–Trinajstić information content (AvgIpc) is 2.40. The molecule has 0 radical (unpaired) electrons. The molecule has 1 aromatic carbocycles. The van der Waals surface area contributed by atoms with Gasteiger partial charge in [0, 0.05) is 12.4 Å². The summed E-state index contributed by atoms with van der Waals surface area (Å²) in [7, 11) is 0. The molecule has 0 bridgehead atoms. The summed E-state index contributed by atoms with van der Waals surface area (Å²) >= 11 is 6.02. The van der Waals surface area contributed by atoms with Crippen LogP contribution in [0, 0.1) is 0 Å². The van der Waals surface area contributed by atoms with Crippen molar-refractivity contribution in [3.8, 4) is 5.75 Å². The highest BCUT2D eigenvalue weighted by Gasteiger charge is 2.31. The van der Waals surface area contributed by atoms with Gasteiger partial charge in [-0.3, -0.25) is 10.8 Å². The van der Waals surface area contributed by atoms with Crippen molar-refractivity contribution in [1.29, 1.82) is 0 Å². The highest BCUT2D eigenvalue weighted by Crippen LogP contribution is 2.30. The normalized spacial score (nSPS) is 13.0. The number of halogens is 4. The minimum absolute atomic E-state index is 0.328. The number of alkyl halides is 3. The van der Waals surface area contributed by atoms with E-state index >= 15 is 0 Å². The predicted molar refractivity (Wildman–Crippen MR) is 71.5 cm³/mol. The molecule has 4 nitrogen and oxygen atoms in total. The minimum atomic E-state index is -4.75. The van der Waals surface area contributed by atoms with Gasteiger partial charge >= 0.3 is 6.36 Å². The van der Waals surface area contributed by atoms with Crippen LogP contribution in [-0.2, 0) is 0 Å². The molecule has 0 amide bonds. The highest BCUT2D eigenvalue weighted by molar-refractivity contribution is 6.31. The SMILES string of the molecule is NNC(c1cccc(OC(F)(F)F)c1)c1ccncc1Cl. The molecule has 0 aliphatic carbocycles. The van der Waals surface area contributed by atoms with Gasteiger partial charge < -0.3 is 4.74 Å². The van der Waals surface area contributed by atoms with Crippen molar-refractivity contribution in [3.05, 3.63) is 58.9 Å². The van der Waals surface area contributed by atoms with Crippen LogP contribution in [0.5, 0.6) is 5.75 Å². The first kappa shape index (κ1) is 15.6. The van der Waals surface area contributed by atoms with Crippen LogP contribution in [-0.4, -0.2) is 11.3 Å². The highest BCUT2D eigenvalue weighted by atomic mass is 35.5. The number of nitrogens with two attached hydrogens (primary N) is 1. The van der Waals surface area contributed by atoms with Crippen molar-refractivity contribution in [2.24, 2.45) is 5.84 Å². The van der Waals surface area contributed by atoms with Crippen molar-refractivity contribution < 1.29 is 17.9 Å². The van der Waals surface area contributed by atoms with Gasteiger partial charge in [-0.2, -0.15) is 0 Å². The van der Waals surface area contributed by atoms with Gasteiger partial charge in [0.1, 0.15) is 5.75 Å². The molecule has 1 aromatic heterocycles. The van der Waals surface area contributed by atoms with E-state index in [-0.39, 0.29) is 5.75 Å². The maximum Gasteiger partial charge on any atom is 0.573 e. The second-order valence-electron chi connectivity index (χ2n) is 4.12. The Balaban J connectivity index is 2.35. The average molecular weight is 318 g/mol. The van der Waals surface area contributed by atoms with Crippen LogP contribution in [0.25, 0.3) is 0 Å². The van der Waals surface area contributed by atoms with Gasteiger partial charge in [0.15, 0.2) is 0 Å². The molecular weight excluding hydrogens is 307 g/mol. The number of pyridine rings is 1. The van der Waals surface area contributed by atoms with Crippen molar-refractivity contribution in [2.75, 3.05) is 0 Å². The van der Waals surface area contributed by atoms with Crippen molar-refractivity contribution in [3.63, 3.8) is 0 Å². The summed E-state index contributed by atoms with van der Waals surface area (Å²) in [6.45, 7) is 0. The number of rotatable bonds is 4. The number of nitrogens with one attached hydrogen (secondary N) is 1. The monoisotopic (exact) mass is 317 g/mol. The van der Waals surface area contributed by atoms with Crippen LogP contribution < -0.4 is 16.0 Å². The van der Waals surface area contributed by atoms with E-state index in [9.17, 15) is 13.2 Å². The number of hydrazine groups is 1. The van der Waals surface area contributed by atoms with Crippen LogP contribution in [0.4, 0.5) is 13.2 Å². The summed E-state index contributed by atoms with van der Waals surface area (Å²) in [6, 6.07) is 6.55. The predicted octanol–water partition coefficient (Wildman–Crippen LogP) is 3.19. The number of nitrogens with zero attached hydrogens (tertiary/aromatic N) is 1. The zero-order valence-corrected chi connectivity index (χ0v) is 11.3. The summed E-state index contributed by atoms with van der Waals surface area (Å²) in [5.41, 5.74) is 3.59. The second-order valence-corrected chi connectivity index (χ2v) is 4.52. The van der Waals surface area contributed by atoms with Gasteiger partial charge in [-0.25, -0.2) is 5.43 Å². The summed E-state index contributed by atoms with van der Waals surface area (Å²) in [6.07, 6.45) is -1.81. The van der Waals surface area contributed by atoms with Crippen molar-refractivity contribution >= 4 is 11.6 Å². The molecule has 1 atom stereocenters. The van der Waals surface area contributed by atoms with E-state index in [0.29, 0.717) is 16.1 Å². The zero-order chi connectivity index (χ0) is 15.5. The van der Waals surface area contributed by atoms with E-state index in [0.717, 1.165) is 0 Å². The maximum absolute atomic E-state index is 12.3. The lowest BCUT2D eigenvalue weighted by Gasteiger charge is -2.19. The third-order valence-corrected chi connectivity index (χ3v) is 3.02. The molecule has 2 aromatic rings. The van der Waals surface area contributed by atoms with E-state index in [1.807, 2.05) is 0 Å². The van der Waals surface area contributed by atoms with Crippen molar-refractivity contribution in [2.45, 2.75) is 12.4 Å². The number of hydrogen-bond acceptors (Lipinski definition) is 4. The molecule has 1 heterocycles. The smallest absolute Gasteiger partial charge is 0.406 e. The largest absolute Gasteiger partial charge is 0.573 e. The molecule has 2 rings (SSSR count). The molecule has 0 aliphatic rings. The fourth-order valence-electron chi connectivity index (χ4n) is 1.88. The topological polar surface area (TPSA) is 60.2 Å². The first-order valence-electron chi connectivity index (χ1n) is 5.82. The Kier molecular flexibility index (Phi) is 4.66. The quantitative estimate of drug-likeness (QED) is 0.671. The van der Waals surface area contributed by atoms with Crippen LogP contribution in [0.3, 0.4) is 0 Å². The number of aromatic nitrogens is 1. The van der Waals surface area contributed by atoms with E-state index in [1.54, 1.807) is 12.1 Å². The lowest BCUT2D eigenvalue weighted by Crippen LogP contribution is -2.29. The van der Waals surface area contributed by atoms with E-state index in [4.69, 9.17) is 17.4 Å². The number of hydrogen-bond donors (Lipinski definition) is 2. The Hall–Kier alpha value is -1.83. The molecule has 0 fully saturated rings. The second kappa shape index (κ2) is 6.30. The molecule has 3 N–H and O–H groups in total. The summed E-state index contributed by atoms with van der Waals surface area (Å²) < 4.78 is 40.6. The van der Waals surface area contributed by atoms with Gasteiger partial charge in [0.05, 0.1) is 11.1 Å². The van der Waals surface area contributed by atoms with E-state index < -0.39 is 12.4 Å². The Morgan fingerprint density at radius 2 is 2.05 bits per heavy atom. The first-order valence-corrected chi connectivity index (χ1v) is 6.20. The molecule has 1 unspecified atom stereocenters. The standard InChI is InChI=1S/C13H11ClF3N3O/c14-11-7-19-5-4-10(11)12(20-18)8-2-1-3-9(6-8)21-13(15,16)17/h1-7,12,20H,18H2. The molecule has 8 heteroatoms. The van der Waals surface area contributed by atoms with Gasteiger partial charge in [0.25, 0.3) is 0 Å². The molecule has 21 heavy (non-hydrogen) atoms. The van der Waals surface area contributed by atoms with Gasteiger partial charge in [-0.15, -0.1) is 13.2 Å². The number of benzene rings is 1. The third-order valence-electron chi connectivity index (χ3n) is 2.71. The molecule has 0 saturated heterocycles. The summed E-state index contributed by atoms with van der Waals surface area (Å²) in [5, 5.41) is 0.350. The Morgan fingerprint density at radius 3 is 2.67 bits per heavy atom. The molecule has 112 valence electrons. The van der Waals surface area contributed by atoms with Crippen LogP contribution >= 0.6 is 11.6 Å². The number of ether oxygens (including phenoxy) is 1. The van der Waals surface area contributed by atoms with E-state index in [2.05, 4.69) is 15.1 Å². The van der Waals surface area contributed by atoms with E-state index in [1.165, 1.54) is 30.6 Å². The fraction of sp³-hybridized carbons (Fsp3) is 0.154. The Morgan fingerprint density at radius 1 is 1.29 bits per heavy atom. The molecule has 0 saturated carbocycles. The Bertz CT molecular complexity index is 622. The van der Waals surface area contributed by atoms with Crippen molar-refractivity contribution in [1.82, 2.24) is 10.4 Å². The molecule has 0 aliphatic heterocycles.